The molecule has 0 saturated carbocycles. The van der Waals surface area contributed by atoms with Gasteiger partial charge in [0.25, 0.3) is 0 Å². The number of phosphoric acid groups is 1. The van der Waals surface area contributed by atoms with Crippen LogP contribution in [0.5, 0.6) is 0 Å². The van der Waals surface area contributed by atoms with Crippen molar-refractivity contribution in [2.45, 2.75) is 161 Å². The molecule has 0 aromatic heterocycles. The molecule has 0 aliphatic carbocycles. The van der Waals surface area contributed by atoms with Gasteiger partial charge in [-0.05, 0) is 116 Å². The summed E-state index contributed by atoms with van der Waals surface area (Å²) in [6.07, 6.45) is 73.3. The van der Waals surface area contributed by atoms with E-state index in [4.69, 9.17) is 18.5 Å². The van der Waals surface area contributed by atoms with Crippen molar-refractivity contribution < 1.29 is 37.3 Å². The van der Waals surface area contributed by atoms with Crippen LogP contribution in [0, 0.1) is 0 Å². The van der Waals surface area contributed by atoms with E-state index in [1.807, 2.05) is 21.1 Å². The molecule has 0 radical (unpaired) electrons. The number of unbranched alkanes of at least 4 members (excludes halogenated alkanes) is 7. The maximum Gasteiger partial charge on any atom is 0.472 e. The fourth-order valence-electron chi connectivity index (χ4n) is 6.03. The number of ether oxygens (including phenoxy) is 2. The van der Waals surface area contributed by atoms with Gasteiger partial charge in [0.05, 0.1) is 34.4 Å². The Morgan fingerprint density at radius 1 is 0.463 bits per heavy atom. The third-order valence-corrected chi connectivity index (χ3v) is 10.9. The molecule has 2 unspecified atom stereocenters. The lowest BCUT2D eigenvalue weighted by molar-refractivity contribution is -0.870. The molecule has 0 aromatic carbocycles. The molecule has 0 aliphatic rings. The van der Waals surface area contributed by atoms with Gasteiger partial charge < -0.3 is 18.9 Å². The van der Waals surface area contributed by atoms with Gasteiger partial charge in [-0.25, -0.2) is 4.57 Å². The Kier molecular flexibility index (Phi) is 46.2. The summed E-state index contributed by atoms with van der Waals surface area (Å²) in [7, 11) is 1.60. The largest absolute Gasteiger partial charge is 0.472 e. The lowest BCUT2D eigenvalue weighted by Gasteiger charge is -2.24. The van der Waals surface area contributed by atoms with Crippen molar-refractivity contribution in [1.82, 2.24) is 0 Å². The number of esters is 1. The van der Waals surface area contributed by atoms with Crippen molar-refractivity contribution in [2.75, 3.05) is 54.1 Å². The Morgan fingerprint density at radius 3 is 1.21 bits per heavy atom. The molecular weight excluding hydrogens is 854 g/mol. The molecular formula is C58H95NO7P+. The summed E-state index contributed by atoms with van der Waals surface area (Å²) in [5.41, 5.74) is 0. The number of rotatable bonds is 45. The van der Waals surface area contributed by atoms with Crippen LogP contribution < -0.4 is 0 Å². The van der Waals surface area contributed by atoms with Crippen molar-refractivity contribution in [3.8, 4) is 0 Å². The molecule has 8 nitrogen and oxygen atoms in total. The van der Waals surface area contributed by atoms with E-state index < -0.39 is 13.9 Å². The smallest absolute Gasteiger partial charge is 0.457 e. The third kappa shape index (κ3) is 53.2. The number of nitrogens with zero attached hydrogens (tertiary/aromatic N) is 1. The van der Waals surface area contributed by atoms with Crippen LogP contribution in [0.3, 0.4) is 0 Å². The highest BCUT2D eigenvalue weighted by molar-refractivity contribution is 7.47. The summed E-state index contributed by atoms with van der Waals surface area (Å²) in [6, 6.07) is 0. The third-order valence-electron chi connectivity index (χ3n) is 9.90. The molecule has 378 valence electrons. The molecule has 0 aliphatic heterocycles. The molecule has 0 saturated heterocycles. The summed E-state index contributed by atoms with van der Waals surface area (Å²) in [5, 5.41) is 0. The van der Waals surface area contributed by atoms with E-state index in [1.165, 1.54) is 0 Å². The van der Waals surface area contributed by atoms with Gasteiger partial charge in [0, 0.05) is 13.0 Å². The Labute approximate surface area is 410 Å². The standard InChI is InChI=1S/C58H94NO7P/c1-6-8-10-12-14-16-18-20-22-24-26-28-30-31-33-35-37-39-41-43-45-47-49-51-58(60)66-57(56-65-67(61,62)64-54-52-59(3,4)5)55-63-53-50-48-46-44-42-40-38-36-34-32-29-27-25-23-21-19-17-15-13-11-9-7-2/h8-11,14-17,20-23,26-29,31,33-34,36-37,39-40,42,57H,6-7,12-13,18-19,24-25,30,32,35,38,41,43-56H2,1-5H3/p+1/b10-8-,11-9-,16-14-,17-15-,22-20-,23-21-,28-26-,29-27-,33-31-,36-34-,39-37-,42-40-. The quantitative estimate of drug-likeness (QED) is 0.0214. The minimum atomic E-state index is -4.31. The second-order valence-electron chi connectivity index (χ2n) is 17.4. The Balaban J connectivity index is 4.34. The number of hydrogen-bond acceptors (Lipinski definition) is 6. The number of quaternary nitrogens is 1. The van der Waals surface area contributed by atoms with Crippen LogP contribution >= 0.6 is 7.82 Å². The zero-order chi connectivity index (χ0) is 49.0. The first-order valence-electron chi connectivity index (χ1n) is 25.6. The molecule has 0 amide bonds. The first-order chi connectivity index (χ1) is 32.6. The van der Waals surface area contributed by atoms with Crippen LogP contribution in [0.1, 0.15) is 155 Å². The van der Waals surface area contributed by atoms with E-state index in [0.29, 0.717) is 17.6 Å². The summed E-state index contributed by atoms with van der Waals surface area (Å²) < 4.78 is 35.1. The number of hydrogen-bond donors (Lipinski definition) is 1. The van der Waals surface area contributed by atoms with Gasteiger partial charge in [0.1, 0.15) is 19.3 Å². The van der Waals surface area contributed by atoms with E-state index in [2.05, 4.69) is 160 Å². The van der Waals surface area contributed by atoms with Crippen LogP contribution in [-0.2, 0) is 27.9 Å². The normalized spacial score (nSPS) is 14.8. The predicted molar refractivity (Wildman–Crippen MR) is 288 cm³/mol. The predicted octanol–water partition coefficient (Wildman–Crippen LogP) is 16.1. The van der Waals surface area contributed by atoms with Crippen LogP contribution in [-0.4, -0.2) is 75.6 Å². The second kappa shape index (κ2) is 48.8. The Hall–Kier alpha value is -3.62. The maximum atomic E-state index is 12.8. The lowest BCUT2D eigenvalue weighted by Crippen LogP contribution is -2.37. The molecule has 0 spiro atoms. The van der Waals surface area contributed by atoms with Gasteiger partial charge in [-0.15, -0.1) is 0 Å². The average molecular weight is 949 g/mol. The Bertz CT molecular complexity index is 1570. The maximum absolute atomic E-state index is 12.8. The summed E-state index contributed by atoms with van der Waals surface area (Å²) in [6.45, 7) is 5.23. The van der Waals surface area contributed by atoms with Gasteiger partial charge in [-0.3, -0.25) is 13.8 Å². The first kappa shape index (κ1) is 63.4. The highest BCUT2D eigenvalue weighted by atomic mass is 31.2. The van der Waals surface area contributed by atoms with Gasteiger partial charge in [0.15, 0.2) is 0 Å². The molecule has 2 atom stereocenters. The number of likely N-dealkylation sites (N-methyl/N-ethyl adjacent to an activating group) is 1. The van der Waals surface area contributed by atoms with Crippen molar-refractivity contribution in [1.29, 1.82) is 0 Å². The number of carbonyl (C=O) groups is 1. The second-order valence-corrected chi connectivity index (χ2v) is 18.9. The summed E-state index contributed by atoms with van der Waals surface area (Å²) >= 11 is 0. The van der Waals surface area contributed by atoms with Crippen molar-refractivity contribution in [3.05, 3.63) is 146 Å². The van der Waals surface area contributed by atoms with E-state index in [9.17, 15) is 14.3 Å². The molecule has 9 heteroatoms. The molecule has 0 fully saturated rings. The van der Waals surface area contributed by atoms with Crippen LogP contribution in [0.2, 0.25) is 0 Å². The molecule has 67 heavy (non-hydrogen) atoms. The van der Waals surface area contributed by atoms with Crippen molar-refractivity contribution in [2.24, 2.45) is 0 Å². The molecule has 0 bridgehead atoms. The van der Waals surface area contributed by atoms with Gasteiger partial charge in [-0.1, -0.05) is 179 Å². The Morgan fingerprint density at radius 2 is 0.821 bits per heavy atom. The highest BCUT2D eigenvalue weighted by Gasteiger charge is 2.26. The molecule has 0 aromatic rings. The minimum absolute atomic E-state index is 0.0664. The van der Waals surface area contributed by atoms with E-state index >= 15 is 0 Å². The minimum Gasteiger partial charge on any atom is -0.457 e. The molecule has 0 rings (SSSR count). The van der Waals surface area contributed by atoms with Crippen LogP contribution in [0.25, 0.3) is 0 Å². The van der Waals surface area contributed by atoms with Crippen LogP contribution in [0.15, 0.2) is 146 Å². The van der Waals surface area contributed by atoms with E-state index in [-0.39, 0.29) is 32.2 Å². The molecule has 0 heterocycles. The number of allylic oxidation sites excluding steroid dienone is 24. The van der Waals surface area contributed by atoms with E-state index in [1.54, 1.807) is 0 Å². The van der Waals surface area contributed by atoms with Gasteiger partial charge >= 0.3 is 13.8 Å². The average Bonchev–Trinajstić information content (AvgIpc) is 3.29. The van der Waals surface area contributed by atoms with Gasteiger partial charge in [0.2, 0.25) is 0 Å². The number of phosphoric ester groups is 1. The lowest BCUT2D eigenvalue weighted by atomic mass is 10.1. The zero-order valence-electron chi connectivity index (χ0n) is 42.8. The number of carbonyl (C=O) groups excluding carboxylic acids is 1. The van der Waals surface area contributed by atoms with Crippen LogP contribution in [0.4, 0.5) is 0 Å². The fraction of sp³-hybridized carbons (Fsp3) is 0.569. The summed E-state index contributed by atoms with van der Waals surface area (Å²) in [5.74, 6) is -0.357. The fourth-order valence-corrected chi connectivity index (χ4v) is 6.77. The molecule has 1 N–H and O–H groups in total. The van der Waals surface area contributed by atoms with Crippen molar-refractivity contribution >= 4 is 13.8 Å². The summed E-state index contributed by atoms with van der Waals surface area (Å²) in [4.78, 5) is 23.0. The zero-order valence-corrected chi connectivity index (χ0v) is 43.7. The topological polar surface area (TPSA) is 91.3 Å². The monoisotopic (exact) mass is 949 g/mol. The van der Waals surface area contributed by atoms with E-state index in [0.717, 1.165) is 135 Å². The van der Waals surface area contributed by atoms with Gasteiger partial charge in [-0.2, -0.15) is 0 Å². The van der Waals surface area contributed by atoms with Crippen molar-refractivity contribution in [3.63, 3.8) is 0 Å². The SMILES string of the molecule is CC/C=C\C/C=C\C/C=C\C/C=C\C/C=C\C/C=C\CCCCCCC(=O)OC(COCCCCC/C=C\C/C=C\C/C=C\C/C=C\C/C=C\C/C=C\CC)COP(=O)(O)OCC[N+](C)(C)C. The first-order valence-corrected chi connectivity index (χ1v) is 27.1. The highest BCUT2D eigenvalue weighted by Crippen LogP contribution is 2.43.